The number of hydrogen-bond acceptors (Lipinski definition) is 9. The molecule has 0 radical (unpaired) electrons. The highest BCUT2D eigenvalue weighted by molar-refractivity contribution is 6.06. The Hall–Kier alpha value is -4.57. The first kappa shape index (κ1) is 36.4. The number of fused-ring (bicyclic) bond motifs is 6. The zero-order chi connectivity index (χ0) is 37.8. The lowest BCUT2D eigenvalue weighted by Gasteiger charge is -2.62. The predicted molar refractivity (Wildman–Crippen MR) is 205 cm³/mol. The maximum Gasteiger partial charge on any atom is 0.190 e. The van der Waals surface area contributed by atoms with Gasteiger partial charge in [0.1, 0.15) is 24.1 Å². The molecule has 4 aliphatic carbocycles. The Labute approximate surface area is 316 Å². The molecule has 1 aromatic heterocycles. The highest BCUT2D eigenvalue weighted by Crippen LogP contribution is 2.69. The van der Waals surface area contributed by atoms with Crippen molar-refractivity contribution in [1.82, 2.24) is 9.88 Å². The summed E-state index contributed by atoms with van der Waals surface area (Å²) >= 11 is 0. The molecule has 3 N–H and O–H groups in total. The van der Waals surface area contributed by atoms with Crippen molar-refractivity contribution in [2.24, 2.45) is 39.5 Å². The molecule has 0 bridgehead atoms. The van der Waals surface area contributed by atoms with Crippen molar-refractivity contribution in [3.05, 3.63) is 114 Å². The second-order valence-electron chi connectivity index (χ2n) is 16.5. The summed E-state index contributed by atoms with van der Waals surface area (Å²) in [6.45, 7) is 3.71. The van der Waals surface area contributed by atoms with Gasteiger partial charge in [0.05, 0.1) is 17.5 Å². The zero-order valence-electron chi connectivity index (χ0n) is 31.0. The number of carbonyl (C=O) groups is 3. The fraction of sp³-hybridized carbons (Fsp3) is 0.444. The van der Waals surface area contributed by atoms with Crippen LogP contribution in [0.15, 0.2) is 102 Å². The Bertz CT molecular complexity index is 2050. The van der Waals surface area contributed by atoms with E-state index in [2.05, 4.69) is 28.9 Å². The van der Waals surface area contributed by atoms with Gasteiger partial charge < -0.3 is 20.2 Å². The van der Waals surface area contributed by atoms with Gasteiger partial charge in [0.15, 0.2) is 17.3 Å². The number of allylic oxidation sites excluding steroid dienone is 1. The van der Waals surface area contributed by atoms with Gasteiger partial charge in [-0.2, -0.15) is 0 Å². The van der Waals surface area contributed by atoms with Crippen LogP contribution in [0.4, 0.5) is 5.69 Å². The maximum absolute atomic E-state index is 15.8. The number of Topliss-reactive ketones (excluding diaryl/α,β-unsaturated/α-hetero) is 2. The van der Waals surface area contributed by atoms with Crippen LogP contribution in [-0.2, 0) is 20.8 Å². The van der Waals surface area contributed by atoms with E-state index in [0.29, 0.717) is 43.8 Å². The normalized spacial score (nSPS) is 34.3. The van der Waals surface area contributed by atoms with Gasteiger partial charge in [-0.15, -0.1) is 0 Å². The Morgan fingerprint density at radius 3 is 2.50 bits per heavy atom. The molecule has 1 aliphatic heterocycles. The summed E-state index contributed by atoms with van der Waals surface area (Å²) in [4.78, 5) is 54.1. The van der Waals surface area contributed by atoms with E-state index in [9.17, 15) is 24.9 Å². The quantitative estimate of drug-likeness (QED) is 0.244. The number of rotatable bonds is 9. The van der Waals surface area contributed by atoms with Crippen molar-refractivity contribution >= 4 is 34.9 Å². The fourth-order valence-electron chi connectivity index (χ4n) is 11.5. The lowest BCUT2D eigenvalue weighted by Crippen LogP contribution is -2.64. The summed E-state index contributed by atoms with van der Waals surface area (Å²) in [7, 11) is 0. The SMILES string of the molecule is C[C@]12C[C@H](O)[C@H]3[C@@H](CCC4=CC(=O)CC(C(=O)C5c6ccccc6N=C(C=Cc6ccccn6)N5CCc5ccccc5)[C@@]43C)[C@@H]1CC[C@]2(O)C(=O)CO. The molecule has 280 valence electrons. The molecule has 2 unspecified atom stereocenters. The third kappa shape index (κ3) is 5.74. The second-order valence-corrected chi connectivity index (χ2v) is 16.5. The molecule has 0 spiro atoms. The molecule has 9 nitrogen and oxygen atoms in total. The number of hydrogen-bond donors (Lipinski definition) is 3. The molecule has 3 aromatic rings. The van der Waals surface area contributed by atoms with Crippen LogP contribution in [-0.4, -0.2) is 73.2 Å². The summed E-state index contributed by atoms with van der Waals surface area (Å²) in [5.74, 6) is -1.39. The third-order valence-electron chi connectivity index (χ3n) is 14.1. The van der Waals surface area contributed by atoms with Gasteiger partial charge in [0, 0.05) is 41.5 Å². The highest BCUT2D eigenvalue weighted by Gasteiger charge is 2.69. The number of benzene rings is 2. The first-order valence-electron chi connectivity index (χ1n) is 19.4. The number of aliphatic hydroxyl groups excluding tert-OH is 2. The number of aliphatic imine (C=N–C) groups is 1. The van der Waals surface area contributed by atoms with Gasteiger partial charge in [-0.05, 0) is 98.3 Å². The summed E-state index contributed by atoms with van der Waals surface area (Å²) < 4.78 is 0. The fourth-order valence-corrected chi connectivity index (χ4v) is 11.5. The summed E-state index contributed by atoms with van der Waals surface area (Å²) in [5.41, 5.74) is 0.790. The van der Waals surface area contributed by atoms with Gasteiger partial charge in [-0.25, -0.2) is 4.99 Å². The molecule has 3 fully saturated rings. The van der Waals surface area contributed by atoms with Crippen LogP contribution in [0.3, 0.4) is 0 Å². The molecule has 2 heterocycles. The first-order valence-corrected chi connectivity index (χ1v) is 19.4. The van der Waals surface area contributed by atoms with Crippen LogP contribution in [0.5, 0.6) is 0 Å². The van der Waals surface area contributed by atoms with E-state index >= 15 is 4.79 Å². The standard InChI is InChI=1S/C45H49N3O6/c1-43-26-37(51)40-32(34(43)19-21-45(43,54)38(52)27-49)17-15-29-24-31(50)25-35(44(29,40)2)42(53)41-33-13-6-7-14-36(33)47-39(18-16-30-12-8-9-22-46-30)48(41)23-20-28-10-4-3-5-11-28/h3-14,16,18,22,24,32,34-35,37,40-41,49,51,54H,15,17,19-21,23,25-27H2,1-2H3/t32-,34-,35?,37-,40+,41?,43-,44+,45-/m0/s1. The van der Waals surface area contributed by atoms with Crippen molar-refractivity contribution in [2.45, 2.75) is 76.5 Å². The molecule has 8 rings (SSSR count). The topological polar surface area (TPSA) is 140 Å². The molecule has 0 amide bonds. The van der Waals surface area contributed by atoms with E-state index in [1.807, 2.05) is 79.7 Å². The molecular formula is C45H49N3O6. The molecule has 3 saturated carbocycles. The lowest BCUT2D eigenvalue weighted by atomic mass is 9.43. The largest absolute Gasteiger partial charge is 0.393 e. The van der Waals surface area contributed by atoms with Gasteiger partial charge in [-0.1, -0.05) is 74.0 Å². The van der Waals surface area contributed by atoms with Crippen LogP contribution >= 0.6 is 0 Å². The van der Waals surface area contributed by atoms with Crippen molar-refractivity contribution in [1.29, 1.82) is 0 Å². The molecule has 2 aromatic carbocycles. The number of carbonyl (C=O) groups excluding carboxylic acids is 3. The molecule has 0 saturated heterocycles. The minimum absolute atomic E-state index is 0.0328. The average Bonchev–Trinajstić information content (AvgIpc) is 3.45. The third-order valence-corrected chi connectivity index (χ3v) is 14.1. The summed E-state index contributed by atoms with van der Waals surface area (Å²) in [6.07, 6.45) is 9.31. The van der Waals surface area contributed by atoms with E-state index in [0.717, 1.165) is 22.4 Å². The van der Waals surface area contributed by atoms with E-state index in [-0.39, 0.29) is 48.6 Å². The number of aliphatic hydroxyl groups is 3. The van der Waals surface area contributed by atoms with Crippen LogP contribution in [0.1, 0.15) is 75.2 Å². The van der Waals surface area contributed by atoms with E-state index < -0.39 is 46.9 Å². The van der Waals surface area contributed by atoms with Crippen LogP contribution in [0, 0.1) is 34.5 Å². The molecular weight excluding hydrogens is 679 g/mol. The number of pyridine rings is 1. The van der Waals surface area contributed by atoms with Crippen LogP contribution in [0.25, 0.3) is 6.08 Å². The van der Waals surface area contributed by atoms with Crippen LogP contribution < -0.4 is 0 Å². The van der Waals surface area contributed by atoms with Gasteiger partial charge in [0.25, 0.3) is 0 Å². The predicted octanol–water partition coefficient (Wildman–Crippen LogP) is 6.01. The van der Waals surface area contributed by atoms with Gasteiger partial charge >= 0.3 is 0 Å². The maximum atomic E-state index is 15.8. The minimum atomic E-state index is -1.73. The minimum Gasteiger partial charge on any atom is -0.393 e. The van der Waals surface area contributed by atoms with Gasteiger partial charge in [0.2, 0.25) is 0 Å². The van der Waals surface area contributed by atoms with Crippen molar-refractivity contribution in [2.75, 3.05) is 13.2 Å². The number of nitrogens with zero attached hydrogens (tertiary/aromatic N) is 3. The van der Waals surface area contributed by atoms with Crippen LogP contribution in [0.2, 0.25) is 0 Å². The van der Waals surface area contributed by atoms with E-state index in [1.165, 1.54) is 0 Å². The zero-order valence-corrected chi connectivity index (χ0v) is 31.0. The van der Waals surface area contributed by atoms with Crippen molar-refractivity contribution in [3.63, 3.8) is 0 Å². The van der Waals surface area contributed by atoms with Crippen molar-refractivity contribution < 1.29 is 29.7 Å². The number of amidine groups is 1. The Morgan fingerprint density at radius 2 is 1.74 bits per heavy atom. The molecule has 9 atom stereocenters. The molecule has 54 heavy (non-hydrogen) atoms. The van der Waals surface area contributed by atoms with Crippen molar-refractivity contribution in [3.8, 4) is 0 Å². The van der Waals surface area contributed by atoms with Gasteiger partial charge in [-0.3, -0.25) is 19.4 Å². The lowest BCUT2D eigenvalue weighted by molar-refractivity contribution is -0.187. The first-order chi connectivity index (χ1) is 26.0. The Morgan fingerprint density at radius 1 is 0.981 bits per heavy atom. The summed E-state index contributed by atoms with van der Waals surface area (Å²) in [6, 6.07) is 22.8. The Balaban J connectivity index is 1.21. The Kier molecular flexibility index (Phi) is 9.39. The second kappa shape index (κ2) is 13.9. The molecule has 9 heteroatoms. The monoisotopic (exact) mass is 727 g/mol. The number of aromatic nitrogens is 1. The number of para-hydroxylation sites is 1. The van der Waals surface area contributed by atoms with E-state index in [4.69, 9.17) is 4.99 Å². The summed E-state index contributed by atoms with van der Waals surface area (Å²) in [5, 5.41) is 33.9. The van der Waals surface area contributed by atoms with E-state index in [1.54, 1.807) is 12.3 Å². The number of ketones is 3. The smallest absolute Gasteiger partial charge is 0.190 e. The molecule has 5 aliphatic rings. The highest BCUT2D eigenvalue weighted by atomic mass is 16.3. The average molecular weight is 728 g/mol.